The number of carbonyl (C=O) groups excluding carboxylic acids is 1. The quantitative estimate of drug-likeness (QED) is 0.451. The van der Waals surface area contributed by atoms with Crippen molar-refractivity contribution >= 4 is 34.5 Å². The molecule has 30 heavy (non-hydrogen) atoms. The minimum Gasteiger partial charge on any atom is -0.467 e. The molecule has 3 rings (SSSR count). The predicted octanol–water partition coefficient (Wildman–Crippen LogP) is 2.69. The van der Waals surface area contributed by atoms with Crippen LogP contribution >= 0.6 is 22.6 Å². The van der Waals surface area contributed by atoms with E-state index in [4.69, 9.17) is 20.1 Å². The highest BCUT2D eigenvalue weighted by molar-refractivity contribution is 14.1. The van der Waals surface area contributed by atoms with Gasteiger partial charge in [-0.1, -0.05) is 24.2 Å². The van der Waals surface area contributed by atoms with Gasteiger partial charge < -0.3 is 19.8 Å². The third kappa shape index (κ3) is 5.44. The number of hydrogen-bond donors (Lipinski definition) is 1. The molecular formula is C20H19IN6O3. The summed E-state index contributed by atoms with van der Waals surface area (Å²) in [7, 11) is 0. The summed E-state index contributed by atoms with van der Waals surface area (Å²) in [6.45, 7) is 2.15. The second-order valence-corrected chi connectivity index (χ2v) is 7.47. The Balaban J connectivity index is 1.78. The van der Waals surface area contributed by atoms with Gasteiger partial charge in [0.25, 0.3) is 5.91 Å². The fourth-order valence-electron chi connectivity index (χ4n) is 2.72. The maximum atomic E-state index is 13.0. The normalized spacial score (nSPS) is 10.4. The van der Waals surface area contributed by atoms with Gasteiger partial charge in [0.1, 0.15) is 0 Å². The summed E-state index contributed by atoms with van der Waals surface area (Å²) in [6.07, 6.45) is 2.36. The van der Waals surface area contributed by atoms with Crippen LogP contribution in [0.1, 0.15) is 29.5 Å². The fraction of sp³-hybridized carbons (Fsp3) is 0.250. The van der Waals surface area contributed by atoms with Crippen LogP contribution in [0.4, 0.5) is 6.01 Å². The number of nitriles is 1. The molecule has 3 aromatic rings. The number of pyridine rings is 1. The molecule has 0 aliphatic carbocycles. The van der Waals surface area contributed by atoms with Gasteiger partial charge in [-0.15, -0.1) is 5.10 Å². The van der Waals surface area contributed by atoms with Crippen LogP contribution in [0.15, 0.2) is 40.9 Å². The second-order valence-electron chi connectivity index (χ2n) is 6.31. The van der Waals surface area contributed by atoms with E-state index < -0.39 is 0 Å². The maximum Gasteiger partial charge on any atom is 0.312 e. The molecule has 10 heteroatoms. The van der Waals surface area contributed by atoms with Gasteiger partial charge in [0.05, 0.1) is 18.2 Å². The lowest BCUT2D eigenvalue weighted by Gasteiger charge is -2.22. The number of anilines is 1. The SMILES string of the molecule is CCc1cccnc1OCC(=O)N(Cc1nnc(N)o1)Cc1ccc(C#N)cc1I. The number of aromatic nitrogens is 3. The summed E-state index contributed by atoms with van der Waals surface area (Å²) in [5.74, 6) is 0.375. The van der Waals surface area contributed by atoms with Crippen LogP contribution in [0.2, 0.25) is 0 Å². The number of nitrogens with two attached hydrogens (primary N) is 1. The molecule has 0 spiro atoms. The van der Waals surface area contributed by atoms with E-state index in [9.17, 15) is 4.79 Å². The van der Waals surface area contributed by atoms with Gasteiger partial charge in [-0.25, -0.2) is 4.98 Å². The van der Waals surface area contributed by atoms with E-state index in [0.717, 1.165) is 21.1 Å². The Kier molecular flexibility index (Phi) is 7.18. The van der Waals surface area contributed by atoms with E-state index in [2.05, 4.69) is 43.8 Å². The molecule has 0 radical (unpaired) electrons. The number of aryl methyl sites for hydroxylation is 1. The molecule has 1 aromatic carbocycles. The minimum absolute atomic E-state index is 0.0670. The summed E-state index contributed by atoms with van der Waals surface area (Å²) in [6, 6.07) is 11.1. The molecule has 0 atom stereocenters. The van der Waals surface area contributed by atoms with Crippen molar-refractivity contribution in [3.05, 3.63) is 62.7 Å². The third-order valence-corrected chi connectivity index (χ3v) is 5.27. The van der Waals surface area contributed by atoms with E-state index in [1.807, 2.05) is 25.1 Å². The van der Waals surface area contributed by atoms with E-state index in [1.54, 1.807) is 18.3 Å². The van der Waals surface area contributed by atoms with Crippen molar-refractivity contribution < 1.29 is 13.9 Å². The zero-order chi connectivity index (χ0) is 21.5. The molecule has 0 fully saturated rings. The molecule has 0 saturated heterocycles. The van der Waals surface area contributed by atoms with Crippen LogP contribution in [0.5, 0.6) is 5.88 Å². The van der Waals surface area contributed by atoms with Gasteiger partial charge in [0.15, 0.2) is 6.61 Å². The Morgan fingerprint density at radius 1 is 1.30 bits per heavy atom. The van der Waals surface area contributed by atoms with Gasteiger partial charge in [-0.05, 0) is 52.8 Å². The summed E-state index contributed by atoms with van der Waals surface area (Å²) < 4.78 is 11.8. The summed E-state index contributed by atoms with van der Waals surface area (Å²) >= 11 is 2.14. The average Bonchev–Trinajstić information content (AvgIpc) is 3.17. The van der Waals surface area contributed by atoms with Crippen molar-refractivity contribution in [3.8, 4) is 11.9 Å². The highest BCUT2D eigenvalue weighted by atomic mass is 127. The summed E-state index contributed by atoms with van der Waals surface area (Å²) in [5, 5.41) is 16.5. The monoisotopic (exact) mass is 518 g/mol. The number of rotatable bonds is 8. The molecule has 0 bridgehead atoms. The van der Waals surface area contributed by atoms with Gasteiger partial charge in [0.2, 0.25) is 11.8 Å². The highest BCUT2D eigenvalue weighted by Gasteiger charge is 2.20. The fourth-order valence-corrected chi connectivity index (χ4v) is 3.41. The lowest BCUT2D eigenvalue weighted by Crippen LogP contribution is -2.34. The first-order chi connectivity index (χ1) is 14.5. The van der Waals surface area contributed by atoms with E-state index >= 15 is 0 Å². The number of ether oxygens (including phenoxy) is 1. The van der Waals surface area contributed by atoms with Crippen molar-refractivity contribution in [1.82, 2.24) is 20.1 Å². The Bertz CT molecular complexity index is 1080. The Morgan fingerprint density at radius 3 is 2.80 bits per heavy atom. The molecule has 2 N–H and O–H groups in total. The van der Waals surface area contributed by atoms with Gasteiger partial charge in [-0.3, -0.25) is 4.79 Å². The third-order valence-electron chi connectivity index (χ3n) is 4.27. The van der Waals surface area contributed by atoms with Crippen LogP contribution in [0.25, 0.3) is 0 Å². The second kappa shape index (κ2) is 10.0. The standard InChI is InChI=1S/C20H19IN6O3/c1-2-14-4-3-7-24-19(14)29-12-18(28)27(11-17-25-26-20(23)30-17)10-15-6-5-13(9-22)8-16(15)21/h3-8H,2,10-12H2,1H3,(H2,23,26). The van der Waals surface area contributed by atoms with Crippen LogP contribution in [0.3, 0.4) is 0 Å². The first-order valence-corrected chi connectivity index (χ1v) is 10.2. The zero-order valence-corrected chi connectivity index (χ0v) is 18.4. The lowest BCUT2D eigenvalue weighted by atomic mass is 10.1. The van der Waals surface area contributed by atoms with E-state index in [-0.39, 0.29) is 37.5 Å². The zero-order valence-electron chi connectivity index (χ0n) is 16.2. The van der Waals surface area contributed by atoms with Gasteiger partial charge in [-0.2, -0.15) is 5.26 Å². The first-order valence-electron chi connectivity index (χ1n) is 9.11. The smallest absolute Gasteiger partial charge is 0.312 e. The summed E-state index contributed by atoms with van der Waals surface area (Å²) in [5.41, 5.74) is 7.85. The Morgan fingerprint density at radius 2 is 2.13 bits per heavy atom. The van der Waals surface area contributed by atoms with Crippen LogP contribution < -0.4 is 10.5 Å². The number of hydrogen-bond acceptors (Lipinski definition) is 8. The number of carbonyl (C=O) groups is 1. The maximum absolute atomic E-state index is 13.0. The van der Waals surface area contributed by atoms with Gasteiger partial charge in [0, 0.05) is 21.9 Å². The van der Waals surface area contributed by atoms with Crippen LogP contribution in [-0.2, 0) is 24.3 Å². The van der Waals surface area contributed by atoms with Crippen molar-refractivity contribution in [3.63, 3.8) is 0 Å². The molecule has 0 aliphatic heterocycles. The predicted molar refractivity (Wildman–Crippen MR) is 116 cm³/mol. The number of halogens is 1. The highest BCUT2D eigenvalue weighted by Crippen LogP contribution is 2.19. The number of nitrogens with zero attached hydrogens (tertiary/aromatic N) is 5. The molecule has 1 amide bonds. The van der Waals surface area contributed by atoms with Crippen molar-refractivity contribution in [2.45, 2.75) is 26.4 Å². The van der Waals surface area contributed by atoms with Gasteiger partial charge >= 0.3 is 6.01 Å². The number of benzene rings is 1. The molecule has 9 nitrogen and oxygen atoms in total. The lowest BCUT2D eigenvalue weighted by molar-refractivity contribution is -0.135. The molecule has 0 aliphatic rings. The first kappa shape index (κ1) is 21.5. The largest absolute Gasteiger partial charge is 0.467 e. The Hall–Kier alpha value is -3.20. The molecule has 0 saturated carbocycles. The summed E-state index contributed by atoms with van der Waals surface area (Å²) in [4.78, 5) is 18.7. The van der Waals surface area contributed by atoms with Crippen LogP contribution in [0, 0.1) is 14.9 Å². The van der Waals surface area contributed by atoms with E-state index in [1.165, 1.54) is 4.90 Å². The minimum atomic E-state index is -0.278. The van der Waals surface area contributed by atoms with Crippen molar-refractivity contribution in [2.24, 2.45) is 0 Å². The molecule has 2 heterocycles. The van der Waals surface area contributed by atoms with Crippen molar-refractivity contribution in [2.75, 3.05) is 12.3 Å². The van der Waals surface area contributed by atoms with Crippen LogP contribution in [-0.4, -0.2) is 32.6 Å². The molecule has 2 aromatic heterocycles. The Labute approximate surface area is 187 Å². The van der Waals surface area contributed by atoms with Crippen molar-refractivity contribution in [1.29, 1.82) is 5.26 Å². The van der Waals surface area contributed by atoms with E-state index in [0.29, 0.717) is 11.4 Å². The number of amides is 1. The molecule has 154 valence electrons. The molecule has 0 unspecified atom stereocenters. The number of nitrogen functional groups attached to an aromatic ring is 1. The molecular weight excluding hydrogens is 499 g/mol. The topological polar surface area (TPSA) is 131 Å². The average molecular weight is 518 g/mol.